The van der Waals surface area contributed by atoms with Crippen LogP contribution >= 0.6 is 0 Å². The lowest BCUT2D eigenvalue weighted by molar-refractivity contribution is -0.120. The van der Waals surface area contributed by atoms with Crippen LogP contribution in [-0.4, -0.2) is 41.0 Å². The van der Waals surface area contributed by atoms with E-state index in [2.05, 4.69) is 18.9 Å². The third-order valence-corrected chi connectivity index (χ3v) is 4.25. The Morgan fingerprint density at radius 3 is 2.61 bits per heavy atom. The zero-order valence-electron chi connectivity index (χ0n) is 12.2. The minimum absolute atomic E-state index is 0.178. The molecular weight excluding hydrogens is 226 g/mol. The topological polar surface area (TPSA) is 40.5 Å². The molecule has 0 aromatic carbocycles. The molecule has 3 atom stereocenters. The van der Waals surface area contributed by atoms with Crippen molar-refractivity contribution in [1.82, 2.24) is 4.90 Å². The molecule has 0 amide bonds. The van der Waals surface area contributed by atoms with Crippen LogP contribution in [0.1, 0.15) is 65.2 Å². The Balaban J connectivity index is 2.47. The number of rotatable bonds is 7. The normalized spacial score (nSPS) is 27.1. The van der Waals surface area contributed by atoms with Gasteiger partial charge >= 0.3 is 0 Å². The summed E-state index contributed by atoms with van der Waals surface area (Å²) in [4.78, 5) is 13.9. The number of piperidine rings is 1. The molecule has 1 rings (SSSR count). The van der Waals surface area contributed by atoms with Crippen molar-refractivity contribution in [3.05, 3.63) is 0 Å². The van der Waals surface area contributed by atoms with Crippen LogP contribution in [0.2, 0.25) is 0 Å². The first-order valence-corrected chi connectivity index (χ1v) is 7.50. The predicted molar refractivity (Wildman–Crippen MR) is 74.6 cm³/mol. The van der Waals surface area contributed by atoms with Gasteiger partial charge in [-0.25, -0.2) is 0 Å². The number of likely N-dealkylation sites (tertiary alicyclic amines) is 1. The molecule has 0 aliphatic carbocycles. The monoisotopic (exact) mass is 255 g/mol. The number of ketones is 1. The van der Waals surface area contributed by atoms with E-state index in [1.165, 1.54) is 6.42 Å². The van der Waals surface area contributed by atoms with Crippen molar-refractivity contribution in [3.8, 4) is 0 Å². The molecular formula is C15H29NO2. The van der Waals surface area contributed by atoms with Gasteiger partial charge in [-0.15, -0.1) is 0 Å². The minimum Gasteiger partial charge on any atom is -0.393 e. The van der Waals surface area contributed by atoms with E-state index in [0.717, 1.165) is 32.1 Å². The van der Waals surface area contributed by atoms with E-state index in [4.69, 9.17) is 0 Å². The van der Waals surface area contributed by atoms with Crippen molar-refractivity contribution in [3.63, 3.8) is 0 Å². The summed E-state index contributed by atoms with van der Waals surface area (Å²) < 4.78 is 0. The van der Waals surface area contributed by atoms with Crippen LogP contribution in [0.3, 0.4) is 0 Å². The van der Waals surface area contributed by atoms with Crippen LogP contribution in [0.15, 0.2) is 0 Å². The highest BCUT2D eigenvalue weighted by molar-refractivity contribution is 5.78. The molecule has 2 unspecified atom stereocenters. The second-order valence-corrected chi connectivity index (χ2v) is 5.68. The highest BCUT2D eigenvalue weighted by Gasteiger charge is 2.29. The molecule has 3 heteroatoms. The maximum atomic E-state index is 11.6. The first-order chi connectivity index (χ1) is 8.58. The Morgan fingerprint density at radius 1 is 1.33 bits per heavy atom. The summed E-state index contributed by atoms with van der Waals surface area (Å²) >= 11 is 0. The summed E-state index contributed by atoms with van der Waals surface area (Å²) in [6, 6.07) is 0.847. The molecule has 0 bridgehead atoms. The zero-order valence-corrected chi connectivity index (χ0v) is 12.2. The van der Waals surface area contributed by atoms with Gasteiger partial charge in [0.1, 0.15) is 5.78 Å². The van der Waals surface area contributed by atoms with Crippen molar-refractivity contribution in [1.29, 1.82) is 0 Å². The smallest absolute Gasteiger partial charge is 0.134 e. The lowest BCUT2D eigenvalue weighted by Gasteiger charge is -2.40. The standard InChI is InChI=1S/C15H29NO2/c1-4-7-15(18)11-13-9-6-8-12(16(13)3)10-14(17)5-2/h12-13,15,18H,4-11H2,1-3H3/t12?,13?,15-/m0/s1. The zero-order chi connectivity index (χ0) is 13.5. The van der Waals surface area contributed by atoms with Crippen LogP contribution in [0.4, 0.5) is 0 Å². The third kappa shape index (κ3) is 4.69. The molecule has 1 fully saturated rings. The van der Waals surface area contributed by atoms with Gasteiger partial charge in [-0.1, -0.05) is 26.7 Å². The fourth-order valence-electron chi connectivity index (χ4n) is 3.00. The molecule has 106 valence electrons. The Kier molecular flexibility index (Phi) is 6.87. The van der Waals surface area contributed by atoms with Gasteiger partial charge in [0, 0.05) is 24.9 Å². The number of Topliss-reactive ketones (excluding diaryl/α,β-unsaturated/α-hetero) is 1. The number of aliphatic hydroxyl groups is 1. The van der Waals surface area contributed by atoms with E-state index in [0.29, 0.717) is 30.7 Å². The Morgan fingerprint density at radius 2 is 2.00 bits per heavy atom. The second kappa shape index (κ2) is 7.90. The molecule has 1 aliphatic heterocycles. The van der Waals surface area contributed by atoms with Gasteiger partial charge in [0.25, 0.3) is 0 Å². The van der Waals surface area contributed by atoms with Gasteiger partial charge in [-0.3, -0.25) is 9.69 Å². The van der Waals surface area contributed by atoms with Crippen LogP contribution in [0.25, 0.3) is 0 Å². The maximum Gasteiger partial charge on any atom is 0.134 e. The Hall–Kier alpha value is -0.410. The predicted octanol–water partition coefficient (Wildman–Crippen LogP) is 2.76. The summed E-state index contributed by atoms with van der Waals surface area (Å²) in [7, 11) is 2.12. The number of aliphatic hydroxyl groups excluding tert-OH is 1. The van der Waals surface area contributed by atoms with Crippen molar-refractivity contribution >= 4 is 5.78 Å². The number of carbonyl (C=O) groups excluding carboxylic acids is 1. The van der Waals surface area contributed by atoms with Gasteiger partial charge in [0.2, 0.25) is 0 Å². The summed E-state index contributed by atoms with van der Waals surface area (Å²) in [5, 5.41) is 9.94. The SMILES string of the molecule is CCC[C@H](O)CC1CCCC(CC(=O)CC)N1C. The van der Waals surface area contributed by atoms with Gasteiger partial charge in [0.15, 0.2) is 0 Å². The Bertz CT molecular complexity index is 255. The van der Waals surface area contributed by atoms with Crippen LogP contribution in [-0.2, 0) is 4.79 Å². The maximum absolute atomic E-state index is 11.6. The summed E-state index contributed by atoms with van der Waals surface area (Å²) in [5.41, 5.74) is 0. The molecule has 0 saturated carbocycles. The fraction of sp³-hybridized carbons (Fsp3) is 0.933. The van der Waals surface area contributed by atoms with Crippen molar-refractivity contribution < 1.29 is 9.90 Å². The second-order valence-electron chi connectivity index (χ2n) is 5.68. The average Bonchev–Trinajstić information content (AvgIpc) is 2.34. The molecule has 1 heterocycles. The molecule has 1 N–H and O–H groups in total. The number of nitrogens with zero attached hydrogens (tertiary/aromatic N) is 1. The molecule has 0 aromatic rings. The van der Waals surface area contributed by atoms with Crippen molar-refractivity contribution in [2.75, 3.05) is 7.05 Å². The van der Waals surface area contributed by atoms with E-state index in [-0.39, 0.29) is 6.10 Å². The molecule has 0 spiro atoms. The Labute approximate surface area is 112 Å². The lowest BCUT2D eigenvalue weighted by Crippen LogP contribution is -2.46. The van der Waals surface area contributed by atoms with Crippen molar-refractivity contribution in [2.45, 2.75) is 83.4 Å². The third-order valence-electron chi connectivity index (χ3n) is 4.25. The average molecular weight is 255 g/mol. The van der Waals surface area contributed by atoms with Crippen molar-refractivity contribution in [2.24, 2.45) is 0 Å². The molecule has 1 saturated heterocycles. The van der Waals surface area contributed by atoms with E-state index in [9.17, 15) is 9.90 Å². The molecule has 18 heavy (non-hydrogen) atoms. The molecule has 0 aromatic heterocycles. The first-order valence-electron chi connectivity index (χ1n) is 7.50. The highest BCUT2D eigenvalue weighted by atomic mass is 16.3. The largest absolute Gasteiger partial charge is 0.393 e. The first kappa shape index (κ1) is 15.6. The van der Waals surface area contributed by atoms with E-state index in [1.807, 2.05) is 6.92 Å². The van der Waals surface area contributed by atoms with E-state index in [1.54, 1.807) is 0 Å². The molecule has 0 radical (unpaired) electrons. The quantitative estimate of drug-likeness (QED) is 0.760. The summed E-state index contributed by atoms with van der Waals surface area (Å²) in [5.74, 6) is 0.363. The minimum atomic E-state index is -0.178. The van der Waals surface area contributed by atoms with Crippen LogP contribution in [0.5, 0.6) is 0 Å². The van der Waals surface area contributed by atoms with Gasteiger partial charge in [-0.2, -0.15) is 0 Å². The van der Waals surface area contributed by atoms with Crippen LogP contribution < -0.4 is 0 Å². The van der Waals surface area contributed by atoms with Gasteiger partial charge in [0.05, 0.1) is 6.10 Å². The molecule has 3 nitrogen and oxygen atoms in total. The summed E-state index contributed by atoms with van der Waals surface area (Å²) in [6.45, 7) is 4.05. The lowest BCUT2D eigenvalue weighted by atomic mass is 9.89. The highest BCUT2D eigenvalue weighted by Crippen LogP contribution is 2.27. The number of hydrogen-bond donors (Lipinski definition) is 1. The summed E-state index contributed by atoms with van der Waals surface area (Å²) in [6.07, 6.45) is 7.43. The molecule has 1 aliphatic rings. The van der Waals surface area contributed by atoms with Gasteiger partial charge < -0.3 is 5.11 Å². The van der Waals surface area contributed by atoms with E-state index < -0.39 is 0 Å². The van der Waals surface area contributed by atoms with E-state index >= 15 is 0 Å². The fourth-order valence-corrected chi connectivity index (χ4v) is 3.00. The number of carbonyl (C=O) groups is 1. The van der Waals surface area contributed by atoms with Gasteiger partial charge in [-0.05, 0) is 32.7 Å². The number of hydrogen-bond acceptors (Lipinski definition) is 3. The van der Waals surface area contributed by atoms with Crippen LogP contribution in [0, 0.1) is 0 Å².